The topological polar surface area (TPSA) is 43.6 Å². The minimum atomic E-state index is -0.142. The van der Waals surface area contributed by atoms with Gasteiger partial charge in [0.25, 0.3) is 5.91 Å². The van der Waals surface area contributed by atoms with Crippen molar-refractivity contribution in [2.45, 2.75) is 18.2 Å². The molecular weight excluding hydrogens is 352 g/mol. The van der Waals surface area contributed by atoms with Crippen molar-refractivity contribution in [3.05, 3.63) is 52.8 Å². The standard InChI is InChI=1S/C19H20N2O2S2/c1-4-23-15-6-5-7-16-18(15)21(2)19(25-16)20-17(22)12-13-8-10-14(24-3)11-9-13/h5-11H,4,12H2,1-3H3. The fourth-order valence-electron chi connectivity index (χ4n) is 2.61. The van der Waals surface area contributed by atoms with E-state index in [9.17, 15) is 4.79 Å². The van der Waals surface area contributed by atoms with E-state index in [0.29, 0.717) is 17.8 Å². The van der Waals surface area contributed by atoms with Gasteiger partial charge >= 0.3 is 0 Å². The molecule has 0 radical (unpaired) electrons. The Morgan fingerprint density at radius 2 is 2.00 bits per heavy atom. The second-order valence-corrected chi connectivity index (χ2v) is 7.40. The summed E-state index contributed by atoms with van der Waals surface area (Å²) >= 11 is 3.19. The van der Waals surface area contributed by atoms with Crippen molar-refractivity contribution in [3.8, 4) is 5.75 Å². The molecule has 1 amide bonds. The van der Waals surface area contributed by atoms with Crippen LogP contribution in [0.3, 0.4) is 0 Å². The van der Waals surface area contributed by atoms with Crippen LogP contribution in [0.4, 0.5) is 0 Å². The number of carbonyl (C=O) groups is 1. The second-order valence-electron chi connectivity index (χ2n) is 5.51. The lowest BCUT2D eigenvalue weighted by atomic mass is 10.1. The number of nitrogens with zero attached hydrogens (tertiary/aromatic N) is 2. The summed E-state index contributed by atoms with van der Waals surface area (Å²) in [7, 11) is 1.92. The monoisotopic (exact) mass is 372 g/mol. The van der Waals surface area contributed by atoms with Crippen molar-refractivity contribution in [1.82, 2.24) is 4.57 Å². The smallest absolute Gasteiger partial charge is 0.252 e. The number of amides is 1. The molecule has 3 aromatic rings. The molecule has 0 bridgehead atoms. The van der Waals surface area contributed by atoms with Gasteiger partial charge in [-0.1, -0.05) is 29.5 Å². The predicted octanol–water partition coefficient (Wildman–Crippen LogP) is 4.03. The lowest BCUT2D eigenvalue weighted by Crippen LogP contribution is -2.14. The first-order valence-corrected chi connectivity index (χ1v) is 10.1. The van der Waals surface area contributed by atoms with Crippen molar-refractivity contribution in [2.24, 2.45) is 12.0 Å². The molecule has 0 aliphatic carbocycles. The number of hydrogen-bond acceptors (Lipinski definition) is 4. The second kappa shape index (κ2) is 7.89. The number of aryl methyl sites for hydroxylation is 1. The van der Waals surface area contributed by atoms with Crippen LogP contribution in [0.5, 0.6) is 5.75 Å². The first kappa shape index (κ1) is 17.8. The molecule has 0 aliphatic heterocycles. The minimum absolute atomic E-state index is 0.142. The lowest BCUT2D eigenvalue weighted by Gasteiger charge is -2.05. The Morgan fingerprint density at radius 1 is 1.24 bits per heavy atom. The molecule has 0 unspecified atom stereocenters. The number of fused-ring (bicyclic) bond motifs is 1. The molecule has 3 rings (SSSR count). The Bertz CT molecular complexity index is 956. The van der Waals surface area contributed by atoms with Gasteiger partial charge in [-0.3, -0.25) is 4.79 Å². The van der Waals surface area contributed by atoms with E-state index in [0.717, 1.165) is 21.5 Å². The van der Waals surface area contributed by atoms with Gasteiger partial charge in [0, 0.05) is 11.9 Å². The summed E-state index contributed by atoms with van der Waals surface area (Å²) in [6.45, 7) is 2.56. The maximum absolute atomic E-state index is 12.4. The van der Waals surface area contributed by atoms with Gasteiger partial charge in [0.2, 0.25) is 0 Å². The average Bonchev–Trinajstić information content (AvgIpc) is 2.92. The summed E-state index contributed by atoms with van der Waals surface area (Å²) in [6, 6.07) is 13.9. The quantitative estimate of drug-likeness (QED) is 0.635. The SMILES string of the molecule is CCOc1cccc2sc(=NC(=O)Cc3ccc(SC)cc3)n(C)c12. The maximum atomic E-state index is 12.4. The maximum Gasteiger partial charge on any atom is 0.252 e. The van der Waals surface area contributed by atoms with E-state index in [1.165, 1.54) is 16.2 Å². The summed E-state index contributed by atoms with van der Waals surface area (Å²) in [5, 5.41) is 0. The molecule has 0 atom stereocenters. The predicted molar refractivity (Wildman–Crippen MR) is 104 cm³/mol. The Labute approximate surface area is 155 Å². The van der Waals surface area contributed by atoms with E-state index < -0.39 is 0 Å². The number of para-hydroxylation sites is 1. The van der Waals surface area contributed by atoms with Crippen molar-refractivity contribution in [3.63, 3.8) is 0 Å². The molecule has 2 aromatic carbocycles. The van der Waals surface area contributed by atoms with Crippen molar-refractivity contribution in [2.75, 3.05) is 12.9 Å². The van der Waals surface area contributed by atoms with E-state index in [1.807, 2.05) is 67.3 Å². The third-order valence-corrected chi connectivity index (χ3v) is 5.66. The van der Waals surface area contributed by atoms with Crippen LogP contribution in [-0.2, 0) is 18.3 Å². The number of benzene rings is 2. The molecule has 4 nitrogen and oxygen atoms in total. The zero-order chi connectivity index (χ0) is 17.8. The molecule has 0 spiro atoms. The number of ether oxygens (including phenoxy) is 1. The van der Waals surface area contributed by atoms with Crippen molar-refractivity contribution >= 4 is 39.2 Å². The van der Waals surface area contributed by atoms with Crippen molar-refractivity contribution < 1.29 is 9.53 Å². The van der Waals surface area contributed by atoms with Crippen LogP contribution in [-0.4, -0.2) is 23.3 Å². The van der Waals surface area contributed by atoms with E-state index in [1.54, 1.807) is 11.8 Å². The highest BCUT2D eigenvalue weighted by atomic mass is 32.2. The first-order valence-electron chi connectivity index (χ1n) is 8.04. The molecule has 0 saturated heterocycles. The Balaban J connectivity index is 1.90. The van der Waals surface area contributed by atoms with Crippen LogP contribution < -0.4 is 9.54 Å². The van der Waals surface area contributed by atoms with Gasteiger partial charge < -0.3 is 9.30 Å². The highest BCUT2D eigenvalue weighted by Crippen LogP contribution is 2.26. The molecule has 6 heteroatoms. The van der Waals surface area contributed by atoms with Crippen LogP contribution >= 0.6 is 23.1 Å². The molecule has 0 saturated carbocycles. The fraction of sp³-hybridized carbons (Fsp3) is 0.263. The van der Waals surface area contributed by atoms with Crippen LogP contribution in [0.2, 0.25) is 0 Å². The van der Waals surface area contributed by atoms with Crippen LogP contribution in [0, 0.1) is 0 Å². The largest absolute Gasteiger partial charge is 0.492 e. The van der Waals surface area contributed by atoms with E-state index in [-0.39, 0.29) is 5.91 Å². The van der Waals surface area contributed by atoms with E-state index in [4.69, 9.17) is 4.74 Å². The van der Waals surface area contributed by atoms with Gasteiger partial charge in [-0.25, -0.2) is 0 Å². The zero-order valence-corrected chi connectivity index (χ0v) is 16.1. The fourth-order valence-corrected chi connectivity index (χ4v) is 4.07. The average molecular weight is 373 g/mol. The van der Waals surface area contributed by atoms with Crippen LogP contribution in [0.15, 0.2) is 52.4 Å². The number of thioether (sulfide) groups is 1. The van der Waals surface area contributed by atoms with Gasteiger partial charge in [-0.15, -0.1) is 11.8 Å². The molecule has 0 fully saturated rings. The number of hydrogen-bond donors (Lipinski definition) is 0. The van der Waals surface area contributed by atoms with Crippen LogP contribution in [0.25, 0.3) is 10.2 Å². The van der Waals surface area contributed by atoms with Crippen molar-refractivity contribution in [1.29, 1.82) is 0 Å². The summed E-state index contributed by atoms with van der Waals surface area (Å²) in [5.41, 5.74) is 1.95. The molecule has 0 N–H and O–H groups in total. The summed E-state index contributed by atoms with van der Waals surface area (Å²) in [4.78, 5) is 18.6. The summed E-state index contributed by atoms with van der Waals surface area (Å²) in [6.07, 6.45) is 2.34. The first-order chi connectivity index (χ1) is 12.1. The third-order valence-electron chi connectivity index (χ3n) is 3.82. The van der Waals surface area contributed by atoms with Gasteiger partial charge in [0.15, 0.2) is 4.80 Å². The molecule has 0 aliphatic rings. The molecule has 25 heavy (non-hydrogen) atoms. The number of rotatable bonds is 5. The van der Waals surface area contributed by atoms with E-state index >= 15 is 0 Å². The number of carbonyl (C=O) groups excluding carboxylic acids is 1. The lowest BCUT2D eigenvalue weighted by molar-refractivity contribution is -0.117. The molecule has 1 heterocycles. The zero-order valence-electron chi connectivity index (χ0n) is 14.5. The number of thiazole rings is 1. The van der Waals surface area contributed by atoms with Gasteiger partial charge in [-0.05, 0) is 43.0 Å². The minimum Gasteiger partial charge on any atom is -0.492 e. The van der Waals surface area contributed by atoms with Gasteiger partial charge in [0.1, 0.15) is 11.3 Å². The van der Waals surface area contributed by atoms with Gasteiger partial charge in [0.05, 0.1) is 17.7 Å². The van der Waals surface area contributed by atoms with E-state index in [2.05, 4.69) is 4.99 Å². The number of aromatic nitrogens is 1. The Morgan fingerprint density at radius 3 is 2.68 bits per heavy atom. The Kier molecular flexibility index (Phi) is 5.60. The Hall–Kier alpha value is -2.05. The highest BCUT2D eigenvalue weighted by molar-refractivity contribution is 7.98. The molecular formula is C19H20N2O2S2. The highest BCUT2D eigenvalue weighted by Gasteiger charge is 2.10. The van der Waals surface area contributed by atoms with Crippen LogP contribution in [0.1, 0.15) is 12.5 Å². The third kappa shape index (κ3) is 3.96. The normalized spacial score (nSPS) is 11.9. The van der Waals surface area contributed by atoms with Gasteiger partial charge in [-0.2, -0.15) is 4.99 Å². The summed E-state index contributed by atoms with van der Waals surface area (Å²) in [5.74, 6) is 0.678. The summed E-state index contributed by atoms with van der Waals surface area (Å²) < 4.78 is 8.68. The molecule has 1 aromatic heterocycles. The molecule has 130 valence electrons.